The molecule has 0 aromatic heterocycles. The highest BCUT2D eigenvalue weighted by Crippen LogP contribution is 2.49. The molecule has 0 bridgehead atoms. The first-order valence-electron chi connectivity index (χ1n) is 9.05. The van der Waals surface area contributed by atoms with Crippen molar-refractivity contribution in [1.29, 1.82) is 0 Å². The van der Waals surface area contributed by atoms with Crippen LogP contribution in [0.4, 0.5) is 0 Å². The molecule has 0 heterocycles. The SMILES string of the molecule is CCCC(C)C1(CNCCOC)CCC(C(C)(C)C)CC1. The van der Waals surface area contributed by atoms with Crippen LogP contribution in [0.25, 0.3) is 0 Å². The lowest BCUT2D eigenvalue weighted by molar-refractivity contribution is 0.0401. The van der Waals surface area contributed by atoms with E-state index in [4.69, 9.17) is 4.74 Å². The molecule has 2 nitrogen and oxygen atoms in total. The fourth-order valence-electron chi connectivity index (χ4n) is 4.15. The maximum absolute atomic E-state index is 5.17. The third-order valence-corrected chi connectivity index (χ3v) is 5.93. The van der Waals surface area contributed by atoms with Crippen molar-refractivity contribution in [2.45, 2.75) is 73.1 Å². The molecule has 1 atom stereocenters. The monoisotopic (exact) mass is 297 g/mol. The van der Waals surface area contributed by atoms with Crippen LogP contribution >= 0.6 is 0 Å². The molecule has 1 unspecified atom stereocenters. The number of rotatable bonds is 8. The molecule has 126 valence electrons. The van der Waals surface area contributed by atoms with Gasteiger partial charge in [-0.05, 0) is 48.3 Å². The van der Waals surface area contributed by atoms with E-state index in [0.29, 0.717) is 10.8 Å². The molecule has 1 fully saturated rings. The number of hydrogen-bond donors (Lipinski definition) is 1. The second-order valence-electron chi connectivity index (χ2n) is 8.36. The van der Waals surface area contributed by atoms with E-state index >= 15 is 0 Å². The highest BCUT2D eigenvalue weighted by atomic mass is 16.5. The van der Waals surface area contributed by atoms with E-state index in [1.54, 1.807) is 7.11 Å². The summed E-state index contributed by atoms with van der Waals surface area (Å²) < 4.78 is 5.17. The fourth-order valence-corrected chi connectivity index (χ4v) is 4.15. The van der Waals surface area contributed by atoms with Crippen LogP contribution in [0, 0.1) is 22.7 Å². The minimum absolute atomic E-state index is 0.476. The van der Waals surface area contributed by atoms with Gasteiger partial charge in [-0.2, -0.15) is 0 Å². The van der Waals surface area contributed by atoms with E-state index in [1.165, 1.54) is 45.1 Å². The Balaban J connectivity index is 2.63. The van der Waals surface area contributed by atoms with Gasteiger partial charge in [0.05, 0.1) is 6.61 Å². The predicted molar refractivity (Wildman–Crippen MR) is 92.7 cm³/mol. The summed E-state index contributed by atoms with van der Waals surface area (Å²) >= 11 is 0. The summed E-state index contributed by atoms with van der Waals surface area (Å²) in [7, 11) is 1.78. The van der Waals surface area contributed by atoms with Gasteiger partial charge in [-0.3, -0.25) is 0 Å². The van der Waals surface area contributed by atoms with Crippen LogP contribution < -0.4 is 5.32 Å². The van der Waals surface area contributed by atoms with Crippen molar-refractivity contribution in [3.63, 3.8) is 0 Å². The molecule has 0 aliphatic heterocycles. The lowest BCUT2D eigenvalue weighted by atomic mass is 9.59. The van der Waals surface area contributed by atoms with Crippen molar-refractivity contribution in [1.82, 2.24) is 5.32 Å². The Morgan fingerprint density at radius 3 is 2.33 bits per heavy atom. The number of methoxy groups -OCH3 is 1. The molecule has 0 aromatic carbocycles. The fraction of sp³-hybridized carbons (Fsp3) is 1.00. The Hall–Kier alpha value is -0.0800. The molecular weight excluding hydrogens is 258 g/mol. The molecular formula is C19H39NO. The largest absolute Gasteiger partial charge is 0.383 e. The van der Waals surface area contributed by atoms with Crippen LogP contribution in [0.15, 0.2) is 0 Å². The van der Waals surface area contributed by atoms with Gasteiger partial charge in [-0.25, -0.2) is 0 Å². The van der Waals surface area contributed by atoms with Crippen LogP contribution in [-0.4, -0.2) is 26.8 Å². The summed E-state index contributed by atoms with van der Waals surface area (Å²) in [4.78, 5) is 0. The van der Waals surface area contributed by atoms with Gasteiger partial charge in [0.1, 0.15) is 0 Å². The molecule has 0 saturated heterocycles. The van der Waals surface area contributed by atoms with E-state index in [-0.39, 0.29) is 0 Å². The average Bonchev–Trinajstić information content (AvgIpc) is 2.43. The van der Waals surface area contributed by atoms with Crippen molar-refractivity contribution in [2.75, 3.05) is 26.8 Å². The Labute approximate surface area is 133 Å². The Morgan fingerprint density at radius 2 is 1.86 bits per heavy atom. The molecule has 0 aromatic rings. The van der Waals surface area contributed by atoms with Crippen molar-refractivity contribution >= 4 is 0 Å². The second-order valence-corrected chi connectivity index (χ2v) is 8.36. The Morgan fingerprint density at radius 1 is 1.24 bits per heavy atom. The summed E-state index contributed by atoms with van der Waals surface area (Å²) in [6.45, 7) is 15.0. The minimum atomic E-state index is 0.476. The van der Waals surface area contributed by atoms with E-state index < -0.39 is 0 Å². The van der Waals surface area contributed by atoms with Crippen LogP contribution in [0.1, 0.15) is 73.1 Å². The molecule has 0 amide bonds. The quantitative estimate of drug-likeness (QED) is 0.645. The minimum Gasteiger partial charge on any atom is -0.383 e. The van der Waals surface area contributed by atoms with Crippen LogP contribution in [0.2, 0.25) is 0 Å². The van der Waals surface area contributed by atoms with Gasteiger partial charge in [0.2, 0.25) is 0 Å². The molecule has 0 radical (unpaired) electrons. The van der Waals surface area contributed by atoms with Gasteiger partial charge in [-0.15, -0.1) is 0 Å². The standard InChI is InChI=1S/C19H39NO/c1-7-8-16(2)19(15-20-13-14-21-6)11-9-17(10-12-19)18(3,4)5/h16-17,20H,7-15H2,1-6H3. The predicted octanol–water partition coefficient (Wildman–Crippen LogP) is 4.88. The highest BCUT2D eigenvalue weighted by Gasteiger charge is 2.41. The van der Waals surface area contributed by atoms with Crippen molar-refractivity contribution in [2.24, 2.45) is 22.7 Å². The summed E-state index contributed by atoms with van der Waals surface area (Å²) in [6, 6.07) is 0. The normalized spacial score (nSPS) is 28.6. The molecule has 1 saturated carbocycles. The van der Waals surface area contributed by atoms with Gasteiger partial charge in [-0.1, -0.05) is 47.5 Å². The molecule has 2 heteroatoms. The Bertz CT molecular complexity index is 274. The first-order valence-corrected chi connectivity index (χ1v) is 9.05. The molecule has 1 rings (SSSR count). The van der Waals surface area contributed by atoms with Crippen LogP contribution in [0.5, 0.6) is 0 Å². The second kappa shape index (κ2) is 8.53. The summed E-state index contributed by atoms with van der Waals surface area (Å²) in [5, 5.41) is 3.66. The zero-order chi connectivity index (χ0) is 15.9. The molecule has 21 heavy (non-hydrogen) atoms. The molecule has 1 N–H and O–H groups in total. The topological polar surface area (TPSA) is 21.3 Å². The lowest BCUT2D eigenvalue weighted by Crippen LogP contribution is -2.44. The number of nitrogens with one attached hydrogen (secondary N) is 1. The van der Waals surface area contributed by atoms with Gasteiger partial charge in [0.15, 0.2) is 0 Å². The van der Waals surface area contributed by atoms with Crippen molar-refractivity contribution in [3.05, 3.63) is 0 Å². The number of ether oxygens (including phenoxy) is 1. The Kier molecular flexibility index (Phi) is 7.70. The zero-order valence-electron chi connectivity index (χ0n) is 15.4. The first-order chi connectivity index (χ1) is 9.85. The van der Waals surface area contributed by atoms with E-state index in [9.17, 15) is 0 Å². The summed E-state index contributed by atoms with van der Waals surface area (Å²) in [6.07, 6.45) is 8.29. The zero-order valence-corrected chi connectivity index (χ0v) is 15.4. The van der Waals surface area contributed by atoms with Gasteiger partial charge >= 0.3 is 0 Å². The van der Waals surface area contributed by atoms with Crippen LogP contribution in [0.3, 0.4) is 0 Å². The lowest BCUT2D eigenvalue weighted by Gasteiger charge is -2.47. The molecule has 1 aliphatic rings. The van der Waals surface area contributed by atoms with Crippen LogP contribution in [-0.2, 0) is 4.74 Å². The smallest absolute Gasteiger partial charge is 0.0587 e. The van der Waals surface area contributed by atoms with Gasteiger partial charge in [0, 0.05) is 20.2 Å². The summed E-state index contributed by atoms with van der Waals surface area (Å²) in [5.74, 6) is 1.73. The third kappa shape index (κ3) is 5.56. The maximum Gasteiger partial charge on any atom is 0.0587 e. The highest BCUT2D eigenvalue weighted by molar-refractivity contribution is 4.93. The van der Waals surface area contributed by atoms with E-state index in [1.807, 2.05) is 0 Å². The molecule has 1 aliphatic carbocycles. The summed E-state index contributed by atoms with van der Waals surface area (Å²) in [5.41, 5.74) is 0.995. The maximum atomic E-state index is 5.17. The number of hydrogen-bond acceptors (Lipinski definition) is 2. The van der Waals surface area contributed by atoms with E-state index in [2.05, 4.69) is 39.9 Å². The molecule has 0 spiro atoms. The van der Waals surface area contributed by atoms with Crippen molar-refractivity contribution in [3.8, 4) is 0 Å². The first kappa shape index (κ1) is 19.0. The van der Waals surface area contributed by atoms with Gasteiger partial charge < -0.3 is 10.1 Å². The van der Waals surface area contributed by atoms with E-state index in [0.717, 1.165) is 25.0 Å². The van der Waals surface area contributed by atoms with Crippen molar-refractivity contribution < 1.29 is 4.74 Å². The third-order valence-electron chi connectivity index (χ3n) is 5.93. The van der Waals surface area contributed by atoms with Gasteiger partial charge in [0.25, 0.3) is 0 Å². The average molecular weight is 298 g/mol.